The van der Waals surface area contributed by atoms with Gasteiger partial charge in [-0.1, -0.05) is 24.3 Å². The predicted molar refractivity (Wildman–Crippen MR) is 174 cm³/mol. The normalized spacial score (nSPS) is 18.9. The molecular formula is C33H39N7O4S. The molecule has 6 rings (SSSR count). The van der Waals surface area contributed by atoms with Crippen molar-refractivity contribution in [3.05, 3.63) is 81.1 Å². The van der Waals surface area contributed by atoms with E-state index in [0.29, 0.717) is 48.3 Å². The first-order chi connectivity index (χ1) is 21.6. The minimum atomic E-state index is -0.301. The number of β-amino-alcohol motifs (C(OH)–C–C–N with tert-alkyl or cyclic N) is 2. The SMILES string of the molecule is Cc1c(NC(=O)c2cc(CN3CCC(O)C3)n(C)n2)cccc1-c1cccc(NC(=O)c2ncc(CN3CCC(O)C3)s2)c1C. The maximum Gasteiger partial charge on any atom is 0.284 e. The van der Waals surface area contributed by atoms with Crippen LogP contribution in [0.3, 0.4) is 0 Å². The van der Waals surface area contributed by atoms with Crippen molar-refractivity contribution in [2.24, 2.45) is 7.05 Å². The maximum atomic E-state index is 13.3. The maximum absolute atomic E-state index is 13.3. The molecule has 2 fully saturated rings. The first kappa shape index (κ1) is 31.1. The van der Waals surface area contributed by atoms with E-state index in [0.717, 1.165) is 58.8 Å². The van der Waals surface area contributed by atoms with Crippen LogP contribution >= 0.6 is 11.3 Å². The summed E-state index contributed by atoms with van der Waals surface area (Å²) < 4.78 is 1.72. The van der Waals surface area contributed by atoms with Crippen molar-refractivity contribution < 1.29 is 19.8 Å². The Labute approximate surface area is 266 Å². The summed E-state index contributed by atoms with van der Waals surface area (Å²) in [6.07, 6.45) is 2.68. The zero-order chi connectivity index (χ0) is 31.7. The molecule has 0 saturated carbocycles. The largest absolute Gasteiger partial charge is 0.392 e. The van der Waals surface area contributed by atoms with E-state index in [1.807, 2.05) is 57.3 Å². The monoisotopic (exact) mass is 629 g/mol. The van der Waals surface area contributed by atoms with E-state index in [-0.39, 0.29) is 24.0 Å². The number of aliphatic hydroxyl groups excluding tert-OH is 2. The molecule has 0 radical (unpaired) electrons. The second-order valence-electron chi connectivity index (χ2n) is 12.0. The van der Waals surface area contributed by atoms with Crippen molar-refractivity contribution in [1.29, 1.82) is 0 Å². The van der Waals surface area contributed by atoms with Gasteiger partial charge in [-0.2, -0.15) is 5.10 Å². The Bertz CT molecular complexity index is 1720. The summed E-state index contributed by atoms with van der Waals surface area (Å²) in [4.78, 5) is 36.1. The number of nitrogens with one attached hydrogen (secondary N) is 2. The van der Waals surface area contributed by atoms with Gasteiger partial charge in [0, 0.05) is 68.8 Å². The number of amides is 2. The van der Waals surface area contributed by atoms with Gasteiger partial charge in [-0.3, -0.25) is 24.1 Å². The third-order valence-corrected chi connectivity index (χ3v) is 9.65. The van der Waals surface area contributed by atoms with Crippen LogP contribution in [0.2, 0.25) is 0 Å². The Hall–Kier alpha value is -3.94. The number of anilines is 2. The number of aryl methyl sites for hydroxylation is 1. The van der Waals surface area contributed by atoms with Gasteiger partial charge in [-0.25, -0.2) is 4.98 Å². The predicted octanol–water partition coefficient (Wildman–Crippen LogP) is 3.80. The van der Waals surface area contributed by atoms with Gasteiger partial charge in [0.2, 0.25) is 0 Å². The van der Waals surface area contributed by atoms with Crippen molar-refractivity contribution >= 4 is 34.5 Å². The molecule has 4 aromatic rings. The minimum Gasteiger partial charge on any atom is -0.392 e. The van der Waals surface area contributed by atoms with Crippen molar-refractivity contribution in [2.75, 3.05) is 36.8 Å². The van der Waals surface area contributed by atoms with E-state index >= 15 is 0 Å². The van der Waals surface area contributed by atoms with Gasteiger partial charge in [0.1, 0.15) is 0 Å². The highest BCUT2D eigenvalue weighted by Gasteiger charge is 2.24. The van der Waals surface area contributed by atoms with Crippen LogP contribution in [0.25, 0.3) is 11.1 Å². The fraction of sp³-hybridized carbons (Fsp3) is 0.394. The van der Waals surface area contributed by atoms with E-state index in [9.17, 15) is 19.8 Å². The van der Waals surface area contributed by atoms with Crippen molar-refractivity contribution in [2.45, 2.75) is 52.0 Å². The number of carbonyl (C=O) groups is 2. The van der Waals surface area contributed by atoms with E-state index in [1.165, 1.54) is 11.3 Å². The lowest BCUT2D eigenvalue weighted by Crippen LogP contribution is -2.22. The molecule has 236 valence electrons. The van der Waals surface area contributed by atoms with Crippen LogP contribution < -0.4 is 10.6 Å². The van der Waals surface area contributed by atoms with Crippen LogP contribution in [-0.4, -0.2) is 85.0 Å². The summed E-state index contributed by atoms with van der Waals surface area (Å²) in [5.41, 5.74) is 6.31. The van der Waals surface area contributed by atoms with E-state index in [2.05, 4.69) is 30.5 Å². The second kappa shape index (κ2) is 13.2. The number of hydrogen-bond donors (Lipinski definition) is 4. The standard InChI is InChI=1S/C33H39N7O4S/c1-20-26(6-4-8-28(20)35-31(43)30-14-22(38(3)37-30)16-39-12-10-23(41)17-39)27-7-5-9-29(21(27)2)36-32(44)33-34-15-25(45-33)19-40-13-11-24(42)18-40/h4-9,14-15,23-24,41-42H,10-13,16-19H2,1-3H3,(H,35,43)(H,36,44). The number of likely N-dealkylation sites (tertiary alicyclic amines) is 2. The molecule has 12 heteroatoms. The summed E-state index contributed by atoms with van der Waals surface area (Å²) in [6.45, 7) is 8.17. The van der Waals surface area contributed by atoms with Crippen LogP contribution in [0.15, 0.2) is 48.7 Å². The second-order valence-corrected chi connectivity index (χ2v) is 13.1. The van der Waals surface area contributed by atoms with Crippen LogP contribution in [-0.2, 0) is 20.1 Å². The molecule has 2 atom stereocenters. The number of thiazole rings is 1. The summed E-state index contributed by atoms with van der Waals surface area (Å²) in [5, 5.41) is 30.5. The number of carbonyl (C=O) groups excluding carboxylic acids is 2. The van der Waals surface area contributed by atoms with Gasteiger partial charge in [-0.15, -0.1) is 11.3 Å². The van der Waals surface area contributed by atoms with Gasteiger partial charge in [0.15, 0.2) is 10.7 Å². The lowest BCUT2D eigenvalue weighted by atomic mass is 9.94. The first-order valence-corrected chi connectivity index (χ1v) is 16.1. The topological polar surface area (TPSA) is 136 Å². The van der Waals surface area contributed by atoms with Gasteiger partial charge in [0.05, 0.1) is 17.9 Å². The number of nitrogens with zero attached hydrogens (tertiary/aromatic N) is 5. The number of benzene rings is 2. The molecule has 2 amide bonds. The van der Waals surface area contributed by atoms with Crippen molar-refractivity contribution in [3.63, 3.8) is 0 Å². The molecule has 2 saturated heterocycles. The molecule has 45 heavy (non-hydrogen) atoms. The zero-order valence-corrected chi connectivity index (χ0v) is 26.6. The van der Waals surface area contributed by atoms with Crippen LogP contribution in [0.4, 0.5) is 11.4 Å². The lowest BCUT2D eigenvalue weighted by molar-refractivity contribution is 0.101. The van der Waals surface area contributed by atoms with E-state index in [1.54, 1.807) is 16.9 Å². The Kier molecular flexibility index (Phi) is 9.11. The molecular weight excluding hydrogens is 590 g/mol. The molecule has 2 aromatic heterocycles. The average molecular weight is 630 g/mol. The van der Waals surface area contributed by atoms with Crippen molar-refractivity contribution in [3.8, 4) is 11.1 Å². The molecule has 0 spiro atoms. The third-order valence-electron chi connectivity index (χ3n) is 8.67. The van der Waals surface area contributed by atoms with Gasteiger partial charge in [-0.05, 0) is 67.1 Å². The van der Waals surface area contributed by atoms with Crippen LogP contribution in [0.5, 0.6) is 0 Å². The molecule has 4 heterocycles. The Morgan fingerprint density at radius 1 is 0.889 bits per heavy atom. The molecule has 11 nitrogen and oxygen atoms in total. The van der Waals surface area contributed by atoms with Gasteiger partial charge >= 0.3 is 0 Å². The first-order valence-electron chi connectivity index (χ1n) is 15.3. The highest BCUT2D eigenvalue weighted by Crippen LogP contribution is 2.34. The summed E-state index contributed by atoms with van der Waals surface area (Å²) in [7, 11) is 1.83. The number of hydrogen-bond acceptors (Lipinski definition) is 9. The van der Waals surface area contributed by atoms with Gasteiger partial charge < -0.3 is 20.8 Å². The highest BCUT2D eigenvalue weighted by atomic mass is 32.1. The molecule has 0 aliphatic carbocycles. The van der Waals surface area contributed by atoms with Crippen LogP contribution in [0, 0.1) is 13.8 Å². The molecule has 2 aliphatic heterocycles. The highest BCUT2D eigenvalue weighted by molar-refractivity contribution is 7.13. The molecule has 2 unspecified atom stereocenters. The van der Waals surface area contributed by atoms with Crippen LogP contribution in [0.1, 0.15) is 54.8 Å². The number of rotatable bonds is 9. The molecule has 2 aliphatic rings. The summed E-state index contributed by atoms with van der Waals surface area (Å²) >= 11 is 1.37. The minimum absolute atomic E-state index is 0.263. The Morgan fingerprint density at radius 2 is 1.47 bits per heavy atom. The van der Waals surface area contributed by atoms with Crippen molar-refractivity contribution in [1.82, 2.24) is 24.6 Å². The number of aromatic nitrogens is 3. The fourth-order valence-electron chi connectivity index (χ4n) is 6.10. The zero-order valence-electron chi connectivity index (χ0n) is 25.8. The molecule has 2 aromatic carbocycles. The van der Waals surface area contributed by atoms with Gasteiger partial charge in [0.25, 0.3) is 11.8 Å². The number of aliphatic hydroxyl groups is 2. The Morgan fingerprint density at radius 3 is 2.04 bits per heavy atom. The summed E-state index contributed by atoms with van der Waals surface area (Å²) in [5.74, 6) is -0.554. The summed E-state index contributed by atoms with van der Waals surface area (Å²) in [6, 6.07) is 13.4. The average Bonchev–Trinajstić information content (AvgIpc) is 3.81. The smallest absolute Gasteiger partial charge is 0.284 e. The molecule has 4 N–H and O–H groups in total. The molecule has 0 bridgehead atoms. The van der Waals surface area contributed by atoms with E-state index < -0.39 is 0 Å². The third kappa shape index (κ3) is 7.00. The fourth-order valence-corrected chi connectivity index (χ4v) is 6.95. The van der Waals surface area contributed by atoms with E-state index in [4.69, 9.17) is 0 Å². The lowest BCUT2D eigenvalue weighted by Gasteiger charge is -2.16. The quantitative estimate of drug-likeness (QED) is 0.220. The Balaban J connectivity index is 1.14.